The van der Waals surface area contributed by atoms with Gasteiger partial charge in [-0.15, -0.1) is 0 Å². The number of carbonyl (C=O) groups is 1. The summed E-state index contributed by atoms with van der Waals surface area (Å²) in [6.45, 7) is 7.52. The van der Waals surface area contributed by atoms with Gasteiger partial charge in [0, 0.05) is 5.57 Å². The van der Waals surface area contributed by atoms with Gasteiger partial charge in [-0.1, -0.05) is 30.3 Å². The Bertz CT molecular complexity index is 467. The van der Waals surface area contributed by atoms with Gasteiger partial charge in [-0.2, -0.15) is 0 Å². The maximum absolute atomic E-state index is 12.3. The molecule has 2 heteroatoms. The van der Waals surface area contributed by atoms with Crippen LogP contribution in [0.5, 0.6) is 0 Å². The number of carbonyl (C=O) groups excluding carboxylic acids is 1. The van der Waals surface area contributed by atoms with Crippen LogP contribution < -0.4 is 0 Å². The smallest absolute Gasteiger partial charge is 0.192 e. The molecule has 2 nitrogen and oxygen atoms in total. The summed E-state index contributed by atoms with van der Waals surface area (Å²) in [5.74, 6) is 0.0753. The van der Waals surface area contributed by atoms with Crippen molar-refractivity contribution in [2.24, 2.45) is 0 Å². The van der Waals surface area contributed by atoms with Gasteiger partial charge >= 0.3 is 0 Å². The minimum Gasteiger partial charge on any atom is -0.357 e. The van der Waals surface area contributed by atoms with Gasteiger partial charge in [0.05, 0.1) is 5.60 Å². The van der Waals surface area contributed by atoms with Crippen LogP contribution >= 0.6 is 0 Å². The Kier molecular flexibility index (Phi) is 2.70. The highest BCUT2D eigenvalue weighted by Crippen LogP contribution is 2.39. The van der Waals surface area contributed by atoms with E-state index in [1.54, 1.807) is 0 Å². The van der Waals surface area contributed by atoms with Gasteiger partial charge in [0.25, 0.3) is 0 Å². The summed E-state index contributed by atoms with van der Waals surface area (Å²) < 4.78 is 5.82. The van der Waals surface area contributed by atoms with Crippen LogP contribution in [0.15, 0.2) is 35.9 Å². The molecule has 1 saturated heterocycles. The van der Waals surface area contributed by atoms with Crippen LogP contribution in [0.1, 0.15) is 33.3 Å². The van der Waals surface area contributed by atoms with Gasteiger partial charge in [0.1, 0.15) is 5.60 Å². The maximum Gasteiger partial charge on any atom is 0.192 e. The van der Waals surface area contributed by atoms with Crippen molar-refractivity contribution in [3.05, 3.63) is 41.5 Å². The Morgan fingerprint density at radius 3 is 2.06 bits per heavy atom. The second kappa shape index (κ2) is 3.81. The summed E-state index contributed by atoms with van der Waals surface area (Å²) in [6.07, 6.45) is 1.93. The average Bonchev–Trinajstić information content (AvgIpc) is 2.38. The van der Waals surface area contributed by atoms with Crippen LogP contribution in [0, 0.1) is 0 Å². The van der Waals surface area contributed by atoms with Crippen molar-refractivity contribution < 1.29 is 9.53 Å². The molecule has 1 aromatic carbocycles. The first-order chi connectivity index (χ1) is 7.83. The van der Waals surface area contributed by atoms with E-state index in [1.807, 2.05) is 64.1 Å². The van der Waals surface area contributed by atoms with Crippen molar-refractivity contribution in [3.8, 4) is 0 Å². The predicted molar refractivity (Wildman–Crippen MR) is 68.7 cm³/mol. The minimum atomic E-state index is -0.718. The molecule has 0 aliphatic carbocycles. The summed E-state index contributed by atoms with van der Waals surface area (Å²) in [4.78, 5) is 12.3. The topological polar surface area (TPSA) is 26.3 Å². The molecule has 0 spiro atoms. The molecule has 0 aromatic heterocycles. The van der Waals surface area contributed by atoms with E-state index in [2.05, 4.69) is 0 Å². The van der Waals surface area contributed by atoms with Crippen LogP contribution in [0.2, 0.25) is 0 Å². The second-order valence-corrected chi connectivity index (χ2v) is 5.42. The van der Waals surface area contributed by atoms with Crippen LogP contribution in [-0.4, -0.2) is 17.0 Å². The normalized spacial score (nSPS) is 24.2. The van der Waals surface area contributed by atoms with Crippen molar-refractivity contribution in [1.29, 1.82) is 0 Å². The van der Waals surface area contributed by atoms with E-state index in [9.17, 15) is 4.79 Å². The lowest BCUT2D eigenvalue weighted by Crippen LogP contribution is -2.29. The van der Waals surface area contributed by atoms with E-state index in [-0.39, 0.29) is 5.78 Å². The number of rotatable bonds is 1. The third-order valence-corrected chi connectivity index (χ3v) is 3.06. The molecule has 17 heavy (non-hydrogen) atoms. The molecule has 0 N–H and O–H groups in total. The number of ketones is 1. The lowest BCUT2D eigenvalue weighted by atomic mass is 9.91. The predicted octanol–water partition coefficient (Wildman–Crippen LogP) is 3.23. The molecule has 1 heterocycles. The highest BCUT2D eigenvalue weighted by atomic mass is 16.5. The molecule has 90 valence electrons. The van der Waals surface area contributed by atoms with Gasteiger partial charge in [0.15, 0.2) is 5.78 Å². The number of hydrogen-bond donors (Lipinski definition) is 0. The summed E-state index contributed by atoms with van der Waals surface area (Å²) in [7, 11) is 0. The van der Waals surface area contributed by atoms with Gasteiger partial charge in [-0.3, -0.25) is 4.79 Å². The lowest BCUT2D eigenvalue weighted by molar-refractivity contribution is -0.132. The molecular weight excluding hydrogens is 212 g/mol. The third kappa shape index (κ3) is 2.18. The fraction of sp³-hybridized carbons (Fsp3) is 0.400. The molecule has 0 radical (unpaired) electrons. The fourth-order valence-electron chi connectivity index (χ4n) is 2.29. The van der Waals surface area contributed by atoms with Crippen molar-refractivity contribution in [3.63, 3.8) is 0 Å². The maximum atomic E-state index is 12.3. The van der Waals surface area contributed by atoms with Gasteiger partial charge < -0.3 is 4.74 Å². The molecule has 1 aliphatic heterocycles. The first-order valence-electron chi connectivity index (χ1n) is 5.85. The molecule has 0 bridgehead atoms. The van der Waals surface area contributed by atoms with Crippen LogP contribution in [0.3, 0.4) is 0 Å². The van der Waals surface area contributed by atoms with Crippen LogP contribution in [-0.2, 0) is 9.53 Å². The average molecular weight is 230 g/mol. The van der Waals surface area contributed by atoms with Crippen molar-refractivity contribution in [2.75, 3.05) is 0 Å². The fourth-order valence-corrected chi connectivity index (χ4v) is 2.29. The van der Waals surface area contributed by atoms with Crippen LogP contribution in [0.25, 0.3) is 6.08 Å². The van der Waals surface area contributed by atoms with E-state index in [0.29, 0.717) is 0 Å². The highest BCUT2D eigenvalue weighted by molar-refractivity contribution is 6.08. The monoisotopic (exact) mass is 230 g/mol. The first-order valence-corrected chi connectivity index (χ1v) is 5.85. The zero-order valence-electron chi connectivity index (χ0n) is 10.8. The van der Waals surface area contributed by atoms with Gasteiger partial charge in [0.2, 0.25) is 0 Å². The molecule has 0 amide bonds. The van der Waals surface area contributed by atoms with Crippen molar-refractivity contribution in [2.45, 2.75) is 38.9 Å². The quantitative estimate of drug-likeness (QED) is 0.692. The summed E-state index contributed by atoms with van der Waals surface area (Å²) in [5, 5.41) is 0. The molecule has 0 unspecified atom stereocenters. The SMILES string of the molecule is CC1(C)OC(C)(C)/C(=C\c2ccccc2)C1=O. The zero-order valence-corrected chi connectivity index (χ0v) is 10.8. The second-order valence-electron chi connectivity index (χ2n) is 5.42. The summed E-state index contributed by atoms with van der Waals surface area (Å²) in [6, 6.07) is 9.86. The Balaban J connectivity index is 2.45. The number of hydrogen-bond acceptors (Lipinski definition) is 2. The third-order valence-electron chi connectivity index (χ3n) is 3.06. The molecule has 1 aliphatic rings. The zero-order chi connectivity index (χ0) is 12.7. The lowest BCUT2D eigenvalue weighted by Gasteiger charge is -2.22. The van der Waals surface area contributed by atoms with Crippen molar-refractivity contribution in [1.82, 2.24) is 0 Å². The Labute approximate surface area is 102 Å². The Morgan fingerprint density at radius 1 is 1.00 bits per heavy atom. The molecule has 1 aromatic rings. The molecule has 2 rings (SSSR count). The minimum absolute atomic E-state index is 0.0753. The van der Waals surface area contributed by atoms with Gasteiger partial charge in [-0.05, 0) is 39.3 Å². The molecule has 0 atom stereocenters. The van der Waals surface area contributed by atoms with E-state index >= 15 is 0 Å². The first kappa shape index (κ1) is 12.1. The largest absolute Gasteiger partial charge is 0.357 e. The van der Waals surface area contributed by atoms with E-state index in [4.69, 9.17) is 4.74 Å². The number of ether oxygens (including phenoxy) is 1. The van der Waals surface area contributed by atoms with Gasteiger partial charge in [-0.25, -0.2) is 0 Å². The van der Waals surface area contributed by atoms with E-state index < -0.39 is 11.2 Å². The van der Waals surface area contributed by atoms with Crippen LogP contribution in [0.4, 0.5) is 0 Å². The highest BCUT2D eigenvalue weighted by Gasteiger charge is 2.49. The Morgan fingerprint density at radius 2 is 1.59 bits per heavy atom. The number of Topliss-reactive ketones (excluding diaryl/α,β-unsaturated/α-hetero) is 1. The molecular formula is C15H18O2. The standard InChI is InChI=1S/C15H18O2/c1-14(2)12(13(16)15(3,4)17-14)10-11-8-6-5-7-9-11/h5-10H,1-4H3/b12-10-. The summed E-state index contributed by atoms with van der Waals surface area (Å²) in [5.41, 5.74) is 0.541. The Hall–Kier alpha value is -1.41. The van der Waals surface area contributed by atoms with E-state index in [0.717, 1.165) is 11.1 Å². The molecule has 1 fully saturated rings. The molecule has 0 saturated carbocycles. The van der Waals surface area contributed by atoms with Crippen molar-refractivity contribution >= 4 is 11.9 Å². The number of benzene rings is 1. The summed E-state index contributed by atoms with van der Waals surface area (Å²) >= 11 is 0. The van der Waals surface area contributed by atoms with E-state index in [1.165, 1.54) is 0 Å².